The van der Waals surface area contributed by atoms with Crippen LogP contribution in [0.2, 0.25) is 0 Å². The van der Waals surface area contributed by atoms with E-state index in [2.05, 4.69) is 4.98 Å². The van der Waals surface area contributed by atoms with Gasteiger partial charge in [0.2, 0.25) is 10.0 Å². The lowest BCUT2D eigenvalue weighted by Crippen LogP contribution is -2.50. The smallest absolute Gasteiger partial charge is 0.272 e. The van der Waals surface area contributed by atoms with Gasteiger partial charge in [-0.05, 0) is 37.8 Å². The van der Waals surface area contributed by atoms with Crippen LogP contribution in [0.5, 0.6) is 0 Å². The molecule has 2 saturated heterocycles. The Morgan fingerprint density at radius 3 is 2.79 bits per heavy atom. The maximum atomic E-state index is 12.8. The van der Waals surface area contributed by atoms with E-state index in [-0.39, 0.29) is 17.7 Å². The first kappa shape index (κ1) is 16.9. The van der Waals surface area contributed by atoms with Crippen molar-refractivity contribution in [1.29, 1.82) is 5.26 Å². The first-order chi connectivity index (χ1) is 11.4. The van der Waals surface area contributed by atoms with E-state index in [4.69, 9.17) is 5.26 Å². The number of amides is 1. The lowest BCUT2D eigenvalue weighted by molar-refractivity contribution is 0.0652. The minimum absolute atomic E-state index is 0.145. The van der Waals surface area contributed by atoms with Crippen LogP contribution in [0, 0.1) is 18.3 Å². The highest BCUT2D eigenvalue weighted by atomic mass is 32.2. The average molecular weight is 348 g/mol. The van der Waals surface area contributed by atoms with Crippen LogP contribution in [0.25, 0.3) is 0 Å². The second-order valence-corrected chi connectivity index (χ2v) is 8.37. The van der Waals surface area contributed by atoms with E-state index in [1.807, 2.05) is 6.07 Å². The number of likely N-dealkylation sites (tertiary alicyclic amines) is 1. The molecule has 0 aromatic carbocycles. The largest absolute Gasteiger partial charge is 0.336 e. The molecule has 0 N–H and O–H groups in total. The Labute approximate surface area is 141 Å². The van der Waals surface area contributed by atoms with E-state index in [9.17, 15) is 13.2 Å². The van der Waals surface area contributed by atoms with Gasteiger partial charge in [0.05, 0.1) is 11.3 Å². The Balaban J connectivity index is 1.77. The zero-order chi connectivity index (χ0) is 17.3. The third-order valence-corrected chi connectivity index (χ3v) is 6.64. The number of hydrogen-bond acceptors (Lipinski definition) is 5. The third kappa shape index (κ3) is 3.14. The first-order valence-electron chi connectivity index (χ1n) is 8.08. The van der Waals surface area contributed by atoms with Gasteiger partial charge in [0, 0.05) is 31.9 Å². The zero-order valence-corrected chi connectivity index (χ0v) is 14.4. The summed E-state index contributed by atoms with van der Waals surface area (Å²) in [7, 11) is -3.17. The lowest BCUT2D eigenvalue weighted by atomic mass is 10.0. The van der Waals surface area contributed by atoms with Gasteiger partial charge in [-0.1, -0.05) is 0 Å². The molecule has 1 atom stereocenters. The van der Waals surface area contributed by atoms with E-state index in [1.54, 1.807) is 22.2 Å². The van der Waals surface area contributed by atoms with E-state index < -0.39 is 10.0 Å². The fourth-order valence-corrected chi connectivity index (χ4v) is 5.21. The first-order valence-corrected chi connectivity index (χ1v) is 9.69. The number of hydrogen-bond donors (Lipinski definition) is 0. The van der Waals surface area contributed by atoms with Crippen molar-refractivity contribution in [2.75, 3.05) is 25.4 Å². The molecule has 1 aromatic heterocycles. The summed E-state index contributed by atoms with van der Waals surface area (Å²) in [5.41, 5.74) is 1.41. The minimum Gasteiger partial charge on any atom is -0.336 e. The van der Waals surface area contributed by atoms with Gasteiger partial charge < -0.3 is 4.90 Å². The molecule has 0 spiro atoms. The summed E-state index contributed by atoms with van der Waals surface area (Å²) in [6, 6.07) is 3.51. The van der Waals surface area contributed by atoms with Crippen LogP contribution in [-0.4, -0.2) is 59.9 Å². The molecule has 0 aliphatic carbocycles. The van der Waals surface area contributed by atoms with Gasteiger partial charge in [0.1, 0.15) is 11.8 Å². The van der Waals surface area contributed by atoms with Crippen molar-refractivity contribution >= 4 is 15.9 Å². The summed E-state index contributed by atoms with van der Waals surface area (Å²) in [5, 5.41) is 8.90. The number of aromatic nitrogens is 1. The van der Waals surface area contributed by atoms with Gasteiger partial charge in [0.15, 0.2) is 0 Å². The van der Waals surface area contributed by atoms with Crippen LogP contribution in [0.15, 0.2) is 12.3 Å². The van der Waals surface area contributed by atoms with E-state index in [0.29, 0.717) is 42.9 Å². The average Bonchev–Trinajstić information content (AvgIpc) is 2.93. The molecule has 2 aliphatic heterocycles. The van der Waals surface area contributed by atoms with Crippen LogP contribution >= 0.6 is 0 Å². The Kier molecular flexibility index (Phi) is 4.56. The maximum Gasteiger partial charge on any atom is 0.272 e. The van der Waals surface area contributed by atoms with Crippen molar-refractivity contribution in [2.45, 2.75) is 32.2 Å². The monoisotopic (exact) mass is 348 g/mol. The molecule has 3 heterocycles. The number of piperidine rings is 1. The van der Waals surface area contributed by atoms with Crippen molar-refractivity contribution in [2.24, 2.45) is 0 Å². The van der Waals surface area contributed by atoms with Crippen molar-refractivity contribution in [1.82, 2.24) is 14.2 Å². The van der Waals surface area contributed by atoms with Gasteiger partial charge in [-0.25, -0.2) is 13.4 Å². The molecule has 2 fully saturated rings. The number of pyridine rings is 1. The molecule has 8 heteroatoms. The highest BCUT2D eigenvalue weighted by Crippen LogP contribution is 2.25. The fourth-order valence-electron chi connectivity index (χ4n) is 3.45. The lowest BCUT2D eigenvalue weighted by Gasteiger charge is -2.36. The fraction of sp³-hybridized carbons (Fsp3) is 0.562. The highest BCUT2D eigenvalue weighted by Gasteiger charge is 2.37. The maximum absolute atomic E-state index is 12.8. The number of carbonyl (C=O) groups excluding carboxylic acids is 1. The van der Waals surface area contributed by atoms with Gasteiger partial charge in [-0.15, -0.1) is 0 Å². The summed E-state index contributed by atoms with van der Waals surface area (Å²) >= 11 is 0. The predicted molar refractivity (Wildman–Crippen MR) is 87.7 cm³/mol. The van der Waals surface area contributed by atoms with Crippen LogP contribution in [0.4, 0.5) is 0 Å². The highest BCUT2D eigenvalue weighted by molar-refractivity contribution is 7.89. The Bertz CT molecular complexity index is 800. The summed E-state index contributed by atoms with van der Waals surface area (Å²) < 4.78 is 25.8. The Morgan fingerprint density at radius 2 is 2.17 bits per heavy atom. The molecule has 3 rings (SSSR count). The summed E-state index contributed by atoms with van der Waals surface area (Å²) in [6.07, 6.45) is 3.61. The van der Waals surface area contributed by atoms with Crippen molar-refractivity contribution in [3.8, 4) is 6.07 Å². The molecule has 0 saturated carbocycles. The quantitative estimate of drug-likeness (QED) is 0.791. The van der Waals surface area contributed by atoms with Crippen molar-refractivity contribution in [3.63, 3.8) is 0 Å². The topological polar surface area (TPSA) is 94.4 Å². The molecule has 2 aliphatic rings. The summed E-state index contributed by atoms with van der Waals surface area (Å²) in [5.74, 6) is 0.00608. The SMILES string of the molecule is Cc1cc(C#N)cnc1C(=O)N1CCCC(N2CCCS2(=O)=O)C1. The molecule has 128 valence electrons. The molecule has 1 aromatic rings. The normalized spacial score (nSPS) is 23.8. The third-order valence-electron chi connectivity index (χ3n) is 4.64. The predicted octanol–water partition coefficient (Wildman–Crippen LogP) is 0.902. The molecule has 7 nitrogen and oxygen atoms in total. The van der Waals surface area contributed by atoms with Gasteiger partial charge >= 0.3 is 0 Å². The zero-order valence-electron chi connectivity index (χ0n) is 13.6. The molecule has 0 radical (unpaired) electrons. The standard InChI is InChI=1S/C16H20N4O3S/c1-12-8-13(9-17)10-18-15(12)16(21)19-5-2-4-14(11-19)20-6-3-7-24(20,22)23/h8,10,14H,2-7,11H2,1H3. The van der Waals surface area contributed by atoms with E-state index in [0.717, 1.165) is 12.8 Å². The van der Waals surface area contributed by atoms with Crippen LogP contribution < -0.4 is 0 Å². The number of carbonyl (C=O) groups is 1. The summed E-state index contributed by atoms with van der Waals surface area (Å²) in [6.45, 7) is 3.31. The van der Waals surface area contributed by atoms with Crippen molar-refractivity contribution < 1.29 is 13.2 Å². The Morgan fingerprint density at radius 1 is 1.38 bits per heavy atom. The summed E-state index contributed by atoms with van der Waals surface area (Å²) in [4.78, 5) is 18.6. The van der Waals surface area contributed by atoms with Crippen LogP contribution in [-0.2, 0) is 10.0 Å². The number of nitriles is 1. The molecular weight excluding hydrogens is 328 g/mol. The number of nitrogens with zero attached hydrogens (tertiary/aromatic N) is 4. The van der Waals surface area contributed by atoms with E-state index >= 15 is 0 Å². The van der Waals surface area contributed by atoms with Gasteiger partial charge in [-0.2, -0.15) is 9.57 Å². The second kappa shape index (κ2) is 6.49. The molecule has 1 unspecified atom stereocenters. The molecular formula is C16H20N4O3S. The van der Waals surface area contributed by atoms with E-state index in [1.165, 1.54) is 6.20 Å². The minimum atomic E-state index is -3.17. The van der Waals surface area contributed by atoms with Crippen LogP contribution in [0.3, 0.4) is 0 Å². The molecule has 0 bridgehead atoms. The van der Waals surface area contributed by atoms with Crippen molar-refractivity contribution in [3.05, 3.63) is 29.1 Å². The molecule has 1 amide bonds. The number of sulfonamides is 1. The number of aryl methyl sites for hydroxylation is 1. The van der Waals surface area contributed by atoms with Crippen LogP contribution in [0.1, 0.15) is 40.9 Å². The molecule has 24 heavy (non-hydrogen) atoms. The second-order valence-electron chi connectivity index (χ2n) is 6.33. The van der Waals surface area contributed by atoms with Gasteiger partial charge in [0.25, 0.3) is 5.91 Å². The Hall–Kier alpha value is -1.98. The van der Waals surface area contributed by atoms with Gasteiger partial charge in [-0.3, -0.25) is 4.79 Å². The number of rotatable bonds is 2.